The molecule has 0 radical (unpaired) electrons. The summed E-state index contributed by atoms with van der Waals surface area (Å²) in [4.78, 5) is 10.1. The molecule has 2 aromatic carbocycles. The van der Waals surface area contributed by atoms with Crippen LogP contribution in [0, 0.1) is 34.0 Å². The smallest absolute Gasteiger partial charge is 0.310 e. The fourth-order valence-electron chi connectivity index (χ4n) is 2.32. The van der Waals surface area contributed by atoms with Crippen molar-refractivity contribution in [2.24, 2.45) is 0 Å². The first kappa shape index (κ1) is 23.5. The summed E-state index contributed by atoms with van der Waals surface area (Å²) in [5, 5.41) is 29.6. The molecular weight excluding hydrogens is 443 g/mol. The number of carbonyl (C=O) groups is 1. The number of nitriles is 3. The van der Waals surface area contributed by atoms with E-state index in [0.717, 1.165) is 0 Å². The lowest BCUT2D eigenvalue weighted by Crippen LogP contribution is -2.49. The van der Waals surface area contributed by atoms with Gasteiger partial charge in [0.15, 0.2) is 5.54 Å². The summed E-state index contributed by atoms with van der Waals surface area (Å²) in [5.41, 5.74) is -1.81. The predicted octanol–water partition coefficient (Wildman–Crippen LogP) is 5.18. The molecule has 6 nitrogen and oxygen atoms in total. The molecule has 0 heterocycles. The average Bonchev–Trinajstić information content (AvgIpc) is 2.70. The van der Waals surface area contributed by atoms with E-state index in [9.17, 15) is 29.5 Å². The minimum Gasteiger partial charge on any atom is -0.490 e. The summed E-state index contributed by atoms with van der Waals surface area (Å²) in [6.45, 7) is 0.811. The molecule has 12 heteroatoms. The Morgan fingerprint density at radius 2 is 1.52 bits per heavy atom. The Balaban J connectivity index is 2.17. The Morgan fingerprint density at radius 3 is 1.94 bits per heavy atom. The number of benzene rings is 2. The van der Waals surface area contributed by atoms with Crippen LogP contribution in [-0.2, 0) is 0 Å². The number of hydrogen-bond acceptors (Lipinski definition) is 5. The summed E-state index contributed by atoms with van der Waals surface area (Å²) in [5.74, 6) is -0.920. The van der Waals surface area contributed by atoms with Gasteiger partial charge in [0.05, 0.1) is 29.3 Å². The molecule has 31 heavy (non-hydrogen) atoms. The molecule has 1 amide bonds. The van der Waals surface area contributed by atoms with Crippen molar-refractivity contribution in [1.82, 2.24) is 5.32 Å². The molecule has 0 fully saturated rings. The van der Waals surface area contributed by atoms with Gasteiger partial charge < -0.3 is 10.1 Å². The van der Waals surface area contributed by atoms with Crippen LogP contribution in [0.2, 0.25) is 0 Å². The molecular formula is C19H13F5N4O2S. The third-order valence-corrected chi connectivity index (χ3v) is 5.05. The standard InChI is InChI=1S/C19H13F5N4O2S/c1-19(11-27,12-30-16-7-13(9-25)6-14(8-16)10-26)28-18(29)15-2-4-17(5-3-15)31(20,21,22,23)24/h2-8H,12H2,1H3,(H,28,29). The van der Waals surface area contributed by atoms with Crippen LogP contribution in [0.25, 0.3) is 0 Å². The minimum atomic E-state index is -9.87. The van der Waals surface area contributed by atoms with Crippen molar-refractivity contribution in [2.45, 2.75) is 17.4 Å². The van der Waals surface area contributed by atoms with Gasteiger partial charge in [-0.05, 0) is 49.4 Å². The molecule has 1 unspecified atom stereocenters. The molecule has 0 bridgehead atoms. The molecule has 0 saturated heterocycles. The zero-order valence-electron chi connectivity index (χ0n) is 15.7. The second-order valence-electron chi connectivity index (χ2n) is 6.65. The van der Waals surface area contributed by atoms with Crippen LogP contribution >= 0.6 is 10.2 Å². The first-order valence-electron chi connectivity index (χ1n) is 8.25. The number of halogens is 5. The Kier molecular flexibility index (Phi) is 5.41. The summed E-state index contributed by atoms with van der Waals surface area (Å²) < 4.78 is 69.3. The maximum absolute atomic E-state index is 12.8. The Bertz CT molecular complexity index is 1130. The van der Waals surface area contributed by atoms with Gasteiger partial charge in [-0.15, -0.1) is 0 Å². The molecule has 162 valence electrons. The predicted molar refractivity (Wildman–Crippen MR) is 101 cm³/mol. The molecule has 0 aromatic heterocycles. The lowest BCUT2D eigenvalue weighted by Gasteiger charge is -2.40. The van der Waals surface area contributed by atoms with Crippen LogP contribution in [0.4, 0.5) is 19.4 Å². The minimum absolute atomic E-state index is 0.0755. The summed E-state index contributed by atoms with van der Waals surface area (Å²) in [7, 11) is -9.87. The van der Waals surface area contributed by atoms with Gasteiger partial charge in [-0.1, -0.05) is 19.4 Å². The van der Waals surface area contributed by atoms with Crippen LogP contribution in [-0.4, -0.2) is 18.1 Å². The third kappa shape index (κ3) is 6.08. The molecule has 0 spiro atoms. The van der Waals surface area contributed by atoms with E-state index in [-0.39, 0.29) is 34.6 Å². The number of rotatable bonds is 6. The van der Waals surface area contributed by atoms with Crippen LogP contribution in [0.3, 0.4) is 0 Å². The molecule has 1 N–H and O–H groups in total. The molecule has 2 rings (SSSR count). The van der Waals surface area contributed by atoms with Crippen LogP contribution in [0.5, 0.6) is 5.75 Å². The number of nitrogens with one attached hydrogen (secondary N) is 1. The molecule has 1 atom stereocenters. The Hall–Kier alpha value is -3.82. The third-order valence-electron chi connectivity index (χ3n) is 3.89. The number of carbonyl (C=O) groups excluding carboxylic acids is 1. The summed E-state index contributed by atoms with van der Waals surface area (Å²) in [6, 6.07) is 10.7. The van der Waals surface area contributed by atoms with Crippen molar-refractivity contribution in [3.63, 3.8) is 0 Å². The van der Waals surface area contributed by atoms with Crippen LogP contribution < -0.4 is 10.1 Å². The van der Waals surface area contributed by atoms with E-state index in [0.29, 0.717) is 12.1 Å². The van der Waals surface area contributed by atoms with Gasteiger partial charge in [-0.25, -0.2) is 0 Å². The maximum Gasteiger partial charge on any atom is 0.310 e. The largest absolute Gasteiger partial charge is 0.490 e. The fourth-order valence-corrected chi connectivity index (χ4v) is 2.97. The molecule has 2 aromatic rings. The maximum atomic E-state index is 12.8. The van der Waals surface area contributed by atoms with Crippen molar-refractivity contribution < 1.29 is 29.0 Å². The topological polar surface area (TPSA) is 110 Å². The zero-order chi connectivity index (χ0) is 23.6. The van der Waals surface area contributed by atoms with E-state index < -0.39 is 33.2 Å². The molecule has 0 saturated carbocycles. The van der Waals surface area contributed by atoms with Gasteiger partial charge in [0.25, 0.3) is 5.91 Å². The van der Waals surface area contributed by atoms with Gasteiger partial charge in [-0.3, -0.25) is 4.79 Å². The highest BCUT2D eigenvalue weighted by atomic mass is 32.5. The summed E-state index contributed by atoms with van der Waals surface area (Å²) >= 11 is 0. The van der Waals surface area contributed by atoms with Crippen LogP contribution in [0.1, 0.15) is 28.4 Å². The first-order chi connectivity index (χ1) is 14.1. The second-order valence-corrected chi connectivity index (χ2v) is 9.06. The van der Waals surface area contributed by atoms with Crippen LogP contribution in [0.15, 0.2) is 47.4 Å². The van der Waals surface area contributed by atoms with Crippen molar-refractivity contribution in [3.05, 3.63) is 59.2 Å². The lowest BCUT2D eigenvalue weighted by atomic mass is 10.0. The van der Waals surface area contributed by atoms with E-state index in [1.54, 1.807) is 6.07 Å². The molecule has 0 aliphatic carbocycles. The van der Waals surface area contributed by atoms with E-state index in [4.69, 9.17) is 15.3 Å². The van der Waals surface area contributed by atoms with Gasteiger partial charge >= 0.3 is 10.2 Å². The highest BCUT2D eigenvalue weighted by Gasteiger charge is 2.65. The lowest BCUT2D eigenvalue weighted by molar-refractivity contribution is 0.0901. The second kappa shape index (κ2) is 7.15. The number of ether oxygens (including phenoxy) is 1. The van der Waals surface area contributed by atoms with Gasteiger partial charge in [0.1, 0.15) is 17.3 Å². The van der Waals surface area contributed by atoms with Gasteiger partial charge in [0, 0.05) is 5.56 Å². The fraction of sp³-hybridized carbons (Fsp3) is 0.158. The number of nitrogens with zero attached hydrogens (tertiary/aromatic N) is 3. The molecule has 0 aliphatic rings. The van der Waals surface area contributed by atoms with Crippen molar-refractivity contribution in [2.75, 3.05) is 6.61 Å². The highest BCUT2D eigenvalue weighted by Crippen LogP contribution is 3.02. The van der Waals surface area contributed by atoms with Gasteiger partial charge in [0.2, 0.25) is 0 Å². The van der Waals surface area contributed by atoms with E-state index in [2.05, 4.69) is 5.32 Å². The monoisotopic (exact) mass is 456 g/mol. The average molecular weight is 456 g/mol. The van der Waals surface area contributed by atoms with Crippen molar-refractivity contribution in [1.29, 1.82) is 15.8 Å². The van der Waals surface area contributed by atoms with Crippen molar-refractivity contribution >= 4 is 16.1 Å². The normalized spacial score (nSPS) is 15.1. The Labute approximate surface area is 173 Å². The van der Waals surface area contributed by atoms with E-state index in [1.807, 2.05) is 12.1 Å². The van der Waals surface area contributed by atoms with E-state index in [1.165, 1.54) is 25.1 Å². The SMILES string of the molecule is CC(C#N)(COc1cc(C#N)cc(C#N)c1)NC(=O)c1ccc(S(F)(F)(F)(F)F)cc1. The first-order valence-corrected chi connectivity index (χ1v) is 10.2. The quantitative estimate of drug-likeness (QED) is 0.603. The highest BCUT2D eigenvalue weighted by molar-refractivity contribution is 8.45. The Morgan fingerprint density at radius 1 is 1.00 bits per heavy atom. The van der Waals surface area contributed by atoms with E-state index >= 15 is 0 Å². The summed E-state index contributed by atoms with van der Waals surface area (Å²) in [6.07, 6.45) is 0. The zero-order valence-corrected chi connectivity index (χ0v) is 16.5. The van der Waals surface area contributed by atoms with Crippen molar-refractivity contribution in [3.8, 4) is 24.0 Å². The number of hydrogen-bond donors (Lipinski definition) is 1. The van der Waals surface area contributed by atoms with Gasteiger partial charge in [-0.2, -0.15) is 15.8 Å². The molecule has 0 aliphatic heterocycles. The number of amides is 1.